The molecule has 0 radical (unpaired) electrons. The molecule has 1 aromatic heterocycles. The third-order valence-electron chi connectivity index (χ3n) is 3.30. The van der Waals surface area contributed by atoms with E-state index < -0.39 is 28.7 Å². The smallest absolute Gasteiger partial charge is 0.331 e. The van der Waals surface area contributed by atoms with Crippen LogP contribution in [0.4, 0.5) is 0 Å². The van der Waals surface area contributed by atoms with E-state index in [1.165, 1.54) is 34.1 Å². The van der Waals surface area contributed by atoms with Gasteiger partial charge in [0, 0.05) is 26.4 Å². The lowest BCUT2D eigenvalue weighted by molar-refractivity contribution is -0.155. The zero-order valence-electron chi connectivity index (χ0n) is 11.8. The molecule has 1 N–H and O–H groups in total. The SMILES string of the molecule is CN(C(=O)Cn1ccc(=O)n(C)c1=O)C(C)(C)C(=O)O. The zero-order chi connectivity index (χ0) is 15.7. The number of carboxylic acid groups (broad SMARTS) is 1. The van der Waals surface area contributed by atoms with E-state index in [0.29, 0.717) is 0 Å². The molecule has 8 heteroatoms. The number of hydrogen-bond acceptors (Lipinski definition) is 4. The van der Waals surface area contributed by atoms with Crippen molar-refractivity contribution in [1.82, 2.24) is 14.0 Å². The predicted molar refractivity (Wildman–Crippen MR) is 70.4 cm³/mol. The van der Waals surface area contributed by atoms with Gasteiger partial charge in [0.25, 0.3) is 5.56 Å². The van der Waals surface area contributed by atoms with Gasteiger partial charge in [0.1, 0.15) is 12.1 Å². The standard InChI is InChI=1S/C12H17N3O5/c1-12(2,10(18)19)14(4)9(17)7-15-6-5-8(16)13(3)11(15)20/h5-6H,7H2,1-4H3,(H,18,19). The number of aromatic nitrogens is 2. The van der Waals surface area contributed by atoms with Gasteiger partial charge >= 0.3 is 11.7 Å². The van der Waals surface area contributed by atoms with Crippen LogP contribution in [-0.4, -0.2) is 43.6 Å². The Kier molecular flexibility index (Phi) is 4.17. The minimum absolute atomic E-state index is 0.333. The van der Waals surface area contributed by atoms with E-state index in [1.54, 1.807) is 0 Å². The normalized spacial score (nSPS) is 11.2. The van der Waals surface area contributed by atoms with E-state index in [1.807, 2.05) is 0 Å². The fourth-order valence-corrected chi connectivity index (χ4v) is 1.44. The number of aliphatic carboxylic acids is 1. The predicted octanol–water partition coefficient (Wildman–Crippen LogP) is -1.13. The topological polar surface area (TPSA) is 102 Å². The Balaban J connectivity index is 3.04. The molecule has 0 saturated heterocycles. The second-order valence-corrected chi connectivity index (χ2v) is 4.94. The van der Waals surface area contributed by atoms with Crippen LogP contribution in [0.15, 0.2) is 21.9 Å². The van der Waals surface area contributed by atoms with Crippen LogP contribution in [-0.2, 0) is 23.2 Å². The molecule has 0 saturated carbocycles. The number of carboxylic acids is 1. The highest BCUT2D eigenvalue weighted by Crippen LogP contribution is 2.12. The Morgan fingerprint density at radius 1 is 1.35 bits per heavy atom. The number of hydrogen-bond donors (Lipinski definition) is 1. The highest BCUT2D eigenvalue weighted by atomic mass is 16.4. The lowest BCUT2D eigenvalue weighted by Gasteiger charge is -2.31. The van der Waals surface area contributed by atoms with Crippen LogP contribution in [0.2, 0.25) is 0 Å². The quantitative estimate of drug-likeness (QED) is 0.753. The summed E-state index contributed by atoms with van der Waals surface area (Å²) in [4.78, 5) is 47.2. The highest BCUT2D eigenvalue weighted by Gasteiger charge is 2.35. The molecule has 0 aliphatic carbocycles. The van der Waals surface area contributed by atoms with Crippen LogP contribution >= 0.6 is 0 Å². The molecule has 1 amide bonds. The van der Waals surface area contributed by atoms with Crippen molar-refractivity contribution in [2.45, 2.75) is 25.9 Å². The van der Waals surface area contributed by atoms with Gasteiger partial charge in [-0.25, -0.2) is 9.59 Å². The van der Waals surface area contributed by atoms with Crippen LogP contribution in [0.1, 0.15) is 13.8 Å². The Bertz CT molecular complexity index is 656. The van der Waals surface area contributed by atoms with Crippen molar-refractivity contribution in [2.75, 3.05) is 7.05 Å². The van der Waals surface area contributed by atoms with E-state index in [9.17, 15) is 19.2 Å². The summed E-state index contributed by atoms with van der Waals surface area (Å²) in [5.41, 5.74) is -2.49. The van der Waals surface area contributed by atoms with Crippen molar-refractivity contribution in [3.05, 3.63) is 33.1 Å². The van der Waals surface area contributed by atoms with Crippen LogP contribution in [0.5, 0.6) is 0 Å². The molecule has 20 heavy (non-hydrogen) atoms. The molecule has 110 valence electrons. The second-order valence-electron chi connectivity index (χ2n) is 4.94. The lowest BCUT2D eigenvalue weighted by Crippen LogP contribution is -2.52. The monoisotopic (exact) mass is 283 g/mol. The minimum Gasteiger partial charge on any atom is -0.480 e. The van der Waals surface area contributed by atoms with E-state index in [4.69, 9.17) is 5.11 Å². The molecule has 8 nitrogen and oxygen atoms in total. The van der Waals surface area contributed by atoms with Gasteiger partial charge in [0.2, 0.25) is 5.91 Å². The molecule has 0 spiro atoms. The van der Waals surface area contributed by atoms with Crippen molar-refractivity contribution in [1.29, 1.82) is 0 Å². The Labute approximate surface area is 114 Å². The molecule has 0 unspecified atom stereocenters. The summed E-state index contributed by atoms with van der Waals surface area (Å²) < 4.78 is 1.92. The molecule has 0 atom stereocenters. The first-order valence-electron chi connectivity index (χ1n) is 5.85. The van der Waals surface area contributed by atoms with Crippen molar-refractivity contribution >= 4 is 11.9 Å². The average Bonchev–Trinajstić information content (AvgIpc) is 2.38. The fraction of sp³-hybridized carbons (Fsp3) is 0.500. The van der Waals surface area contributed by atoms with Crippen LogP contribution in [0.25, 0.3) is 0 Å². The molecule has 0 aromatic carbocycles. The van der Waals surface area contributed by atoms with E-state index in [0.717, 1.165) is 20.1 Å². The molecule has 0 fully saturated rings. The van der Waals surface area contributed by atoms with Crippen molar-refractivity contribution in [3.8, 4) is 0 Å². The molecule has 0 aliphatic heterocycles. The molecule has 1 heterocycles. The third-order valence-corrected chi connectivity index (χ3v) is 3.30. The number of carbonyl (C=O) groups excluding carboxylic acids is 1. The van der Waals surface area contributed by atoms with Gasteiger partial charge in [-0.2, -0.15) is 0 Å². The first-order chi connectivity index (χ1) is 9.09. The molecule has 0 aliphatic rings. The lowest BCUT2D eigenvalue weighted by atomic mass is 10.0. The molecular formula is C12H17N3O5. The number of rotatable bonds is 4. The molecule has 1 aromatic rings. The van der Waals surface area contributed by atoms with E-state index in [-0.39, 0.29) is 6.54 Å². The van der Waals surface area contributed by atoms with Crippen LogP contribution in [0.3, 0.4) is 0 Å². The first kappa shape index (κ1) is 15.7. The van der Waals surface area contributed by atoms with Gasteiger partial charge in [0.05, 0.1) is 0 Å². The Morgan fingerprint density at radius 2 is 1.90 bits per heavy atom. The van der Waals surface area contributed by atoms with Crippen molar-refractivity contribution in [3.63, 3.8) is 0 Å². The van der Waals surface area contributed by atoms with Gasteiger partial charge in [-0.3, -0.25) is 18.7 Å². The van der Waals surface area contributed by atoms with Gasteiger partial charge in [-0.05, 0) is 13.8 Å². The molecule has 1 rings (SSSR count). The maximum absolute atomic E-state index is 12.0. The number of likely N-dealkylation sites (N-methyl/N-ethyl adjacent to an activating group) is 1. The maximum Gasteiger partial charge on any atom is 0.331 e. The average molecular weight is 283 g/mol. The highest BCUT2D eigenvalue weighted by molar-refractivity contribution is 5.86. The van der Waals surface area contributed by atoms with E-state index in [2.05, 4.69) is 0 Å². The van der Waals surface area contributed by atoms with Gasteiger partial charge in [-0.1, -0.05) is 0 Å². The fourth-order valence-electron chi connectivity index (χ4n) is 1.44. The Morgan fingerprint density at radius 3 is 2.40 bits per heavy atom. The van der Waals surface area contributed by atoms with E-state index >= 15 is 0 Å². The largest absolute Gasteiger partial charge is 0.480 e. The number of amides is 1. The second kappa shape index (κ2) is 5.32. The van der Waals surface area contributed by atoms with Crippen molar-refractivity contribution in [2.24, 2.45) is 7.05 Å². The summed E-state index contributed by atoms with van der Waals surface area (Å²) in [6.45, 7) is 2.44. The van der Waals surface area contributed by atoms with Crippen LogP contribution in [0, 0.1) is 0 Å². The van der Waals surface area contributed by atoms with Crippen molar-refractivity contribution < 1.29 is 14.7 Å². The van der Waals surface area contributed by atoms with Gasteiger partial charge in [-0.15, -0.1) is 0 Å². The number of nitrogens with zero attached hydrogens (tertiary/aromatic N) is 3. The third kappa shape index (κ3) is 2.79. The summed E-state index contributed by atoms with van der Waals surface area (Å²) in [5.74, 6) is -1.70. The Hall–Kier alpha value is -2.38. The molecular weight excluding hydrogens is 266 g/mol. The molecule has 0 bridgehead atoms. The summed E-state index contributed by atoms with van der Waals surface area (Å²) in [6, 6.07) is 1.16. The maximum atomic E-state index is 12.0. The van der Waals surface area contributed by atoms with Crippen LogP contribution < -0.4 is 11.2 Å². The summed E-state index contributed by atoms with van der Waals surface area (Å²) in [6.07, 6.45) is 1.21. The zero-order valence-corrected chi connectivity index (χ0v) is 11.8. The number of carbonyl (C=O) groups is 2. The summed E-state index contributed by atoms with van der Waals surface area (Å²) >= 11 is 0. The summed E-state index contributed by atoms with van der Waals surface area (Å²) in [5, 5.41) is 9.05. The summed E-state index contributed by atoms with van der Waals surface area (Å²) in [7, 11) is 2.65. The minimum atomic E-state index is -1.39. The van der Waals surface area contributed by atoms with Gasteiger partial charge in [0.15, 0.2) is 0 Å². The first-order valence-corrected chi connectivity index (χ1v) is 5.85. The van der Waals surface area contributed by atoms with Gasteiger partial charge < -0.3 is 10.0 Å².